The Bertz CT molecular complexity index is 775. The van der Waals surface area contributed by atoms with E-state index in [9.17, 15) is 25.5 Å². The fourth-order valence-corrected chi connectivity index (χ4v) is 3.41. The molecular weight excluding hydrogens is 364 g/mol. The number of benzene rings is 2. The zero-order chi connectivity index (χ0) is 20.3. The van der Waals surface area contributed by atoms with Gasteiger partial charge in [0.15, 0.2) is 0 Å². The maximum atomic E-state index is 10.3. The van der Waals surface area contributed by atoms with E-state index in [-0.39, 0.29) is 5.75 Å². The highest BCUT2D eigenvalue weighted by Crippen LogP contribution is 2.37. The van der Waals surface area contributed by atoms with E-state index in [1.54, 1.807) is 12.1 Å². The van der Waals surface area contributed by atoms with Crippen molar-refractivity contribution in [3.63, 3.8) is 0 Å². The molecular formula is C21H26O7. The van der Waals surface area contributed by atoms with Crippen LogP contribution < -0.4 is 4.74 Å². The molecule has 5 N–H and O–H groups in total. The zero-order valence-corrected chi connectivity index (χ0v) is 15.6. The maximum Gasteiger partial charge on any atom is 0.121 e. The van der Waals surface area contributed by atoms with Gasteiger partial charge in [-0.15, -0.1) is 0 Å². The van der Waals surface area contributed by atoms with Crippen LogP contribution in [-0.4, -0.2) is 63.2 Å². The van der Waals surface area contributed by atoms with E-state index < -0.39 is 37.1 Å². The Morgan fingerprint density at radius 3 is 2.25 bits per heavy atom. The van der Waals surface area contributed by atoms with Crippen LogP contribution in [0.5, 0.6) is 11.5 Å². The number of hydrogen-bond donors (Lipinski definition) is 5. The molecule has 1 aliphatic rings. The van der Waals surface area contributed by atoms with E-state index in [0.717, 1.165) is 16.9 Å². The highest BCUT2D eigenvalue weighted by atomic mass is 16.5. The van der Waals surface area contributed by atoms with Crippen molar-refractivity contribution in [2.24, 2.45) is 0 Å². The van der Waals surface area contributed by atoms with E-state index in [1.807, 2.05) is 31.2 Å². The van der Waals surface area contributed by atoms with Crippen molar-refractivity contribution in [1.29, 1.82) is 0 Å². The van der Waals surface area contributed by atoms with Gasteiger partial charge in [0.05, 0.1) is 13.2 Å². The van der Waals surface area contributed by atoms with Crippen LogP contribution in [0.2, 0.25) is 0 Å². The second-order valence-electron chi connectivity index (χ2n) is 6.90. The number of aromatic hydroxyl groups is 1. The van der Waals surface area contributed by atoms with Crippen LogP contribution in [0.15, 0.2) is 42.5 Å². The number of aliphatic hydroxyl groups excluding tert-OH is 4. The van der Waals surface area contributed by atoms with Crippen LogP contribution in [0.4, 0.5) is 0 Å². The van der Waals surface area contributed by atoms with Crippen LogP contribution in [0, 0.1) is 0 Å². The lowest BCUT2D eigenvalue weighted by Crippen LogP contribution is -2.55. The summed E-state index contributed by atoms with van der Waals surface area (Å²) < 4.78 is 11.0. The third-order valence-electron chi connectivity index (χ3n) is 4.93. The normalized spacial score (nSPS) is 27.5. The fraction of sp³-hybridized carbons (Fsp3) is 0.429. The van der Waals surface area contributed by atoms with Crippen molar-refractivity contribution in [1.82, 2.24) is 0 Å². The number of rotatable bonds is 6. The van der Waals surface area contributed by atoms with Crippen molar-refractivity contribution < 1.29 is 35.0 Å². The van der Waals surface area contributed by atoms with Gasteiger partial charge in [-0.3, -0.25) is 0 Å². The molecule has 0 spiro atoms. The quantitative estimate of drug-likeness (QED) is 0.497. The Morgan fingerprint density at radius 2 is 1.61 bits per heavy atom. The third-order valence-corrected chi connectivity index (χ3v) is 4.93. The Kier molecular flexibility index (Phi) is 6.53. The minimum absolute atomic E-state index is 0.0974. The van der Waals surface area contributed by atoms with Gasteiger partial charge in [-0.05, 0) is 48.7 Å². The Hall–Kier alpha value is -2.16. The molecule has 1 aliphatic heterocycles. The Morgan fingerprint density at radius 1 is 0.929 bits per heavy atom. The summed E-state index contributed by atoms with van der Waals surface area (Å²) in [4.78, 5) is 0. The van der Waals surface area contributed by atoms with Gasteiger partial charge < -0.3 is 35.0 Å². The smallest absolute Gasteiger partial charge is 0.121 e. The molecule has 0 amide bonds. The van der Waals surface area contributed by atoms with Crippen molar-refractivity contribution in [3.05, 3.63) is 59.2 Å². The van der Waals surface area contributed by atoms with E-state index >= 15 is 0 Å². The minimum atomic E-state index is -1.50. The summed E-state index contributed by atoms with van der Waals surface area (Å²) in [6, 6.07) is 12.6. The van der Waals surface area contributed by atoms with Gasteiger partial charge in [-0.1, -0.05) is 18.2 Å². The molecule has 28 heavy (non-hydrogen) atoms. The third kappa shape index (κ3) is 4.29. The van der Waals surface area contributed by atoms with Crippen molar-refractivity contribution in [2.45, 2.75) is 43.9 Å². The fourth-order valence-electron chi connectivity index (χ4n) is 3.41. The Balaban J connectivity index is 1.82. The van der Waals surface area contributed by atoms with Gasteiger partial charge in [0.2, 0.25) is 0 Å². The monoisotopic (exact) mass is 390 g/mol. The van der Waals surface area contributed by atoms with E-state index in [2.05, 4.69) is 0 Å². The van der Waals surface area contributed by atoms with E-state index in [4.69, 9.17) is 9.47 Å². The number of phenols is 1. The summed E-state index contributed by atoms with van der Waals surface area (Å²) in [6.45, 7) is 2.00. The molecule has 3 rings (SSSR count). The molecule has 0 radical (unpaired) electrons. The second kappa shape index (κ2) is 8.89. The maximum absolute atomic E-state index is 10.3. The van der Waals surface area contributed by atoms with Gasteiger partial charge in [-0.25, -0.2) is 0 Å². The highest BCUT2D eigenvalue weighted by Gasteiger charge is 2.44. The first-order valence-corrected chi connectivity index (χ1v) is 9.28. The lowest BCUT2D eigenvalue weighted by atomic mass is 9.89. The topological polar surface area (TPSA) is 120 Å². The first-order valence-electron chi connectivity index (χ1n) is 9.28. The lowest BCUT2D eigenvalue weighted by Gasteiger charge is -2.40. The molecule has 0 aromatic heterocycles. The molecule has 1 fully saturated rings. The summed E-state index contributed by atoms with van der Waals surface area (Å²) in [7, 11) is 0. The van der Waals surface area contributed by atoms with Crippen molar-refractivity contribution in [2.75, 3.05) is 13.2 Å². The second-order valence-corrected chi connectivity index (χ2v) is 6.90. The van der Waals surface area contributed by atoms with Crippen molar-refractivity contribution in [3.8, 4) is 11.5 Å². The van der Waals surface area contributed by atoms with E-state index in [1.165, 1.54) is 6.07 Å². The molecule has 0 saturated carbocycles. The number of aliphatic hydroxyl groups is 4. The zero-order valence-electron chi connectivity index (χ0n) is 15.6. The first-order chi connectivity index (χ1) is 13.4. The first kappa shape index (κ1) is 20.6. The van der Waals surface area contributed by atoms with Gasteiger partial charge in [0.25, 0.3) is 0 Å². The predicted molar refractivity (Wildman–Crippen MR) is 101 cm³/mol. The number of ether oxygens (including phenoxy) is 2. The molecule has 1 saturated heterocycles. The predicted octanol–water partition coefficient (Wildman–Crippen LogP) is 0.897. The van der Waals surface area contributed by atoms with Crippen molar-refractivity contribution >= 4 is 0 Å². The Labute approximate surface area is 163 Å². The molecule has 7 heteroatoms. The number of phenolic OH excluding ortho intramolecular Hbond substituents is 1. The molecule has 5 atom stereocenters. The molecule has 2 aromatic carbocycles. The standard InChI is InChI=1S/C21H26O7/c1-2-27-14-6-3-12(4-7-14)9-13-5-8-16(23)15(10-13)21-20(26)19(25)18(24)17(11-22)28-21/h3-8,10,17-26H,2,9,11H2,1H3/t17-,18-,19+,20-,21+/m1/s1. The van der Waals surface area contributed by atoms with Gasteiger partial charge >= 0.3 is 0 Å². The average molecular weight is 390 g/mol. The average Bonchev–Trinajstić information content (AvgIpc) is 2.70. The van der Waals surface area contributed by atoms with Crippen LogP contribution in [0.3, 0.4) is 0 Å². The van der Waals surface area contributed by atoms with Gasteiger partial charge in [-0.2, -0.15) is 0 Å². The van der Waals surface area contributed by atoms with Crippen LogP contribution in [-0.2, 0) is 11.2 Å². The highest BCUT2D eigenvalue weighted by molar-refractivity contribution is 5.41. The molecule has 2 aromatic rings. The summed E-state index contributed by atoms with van der Waals surface area (Å²) in [5.74, 6) is 0.693. The summed E-state index contributed by atoms with van der Waals surface area (Å²) in [5.41, 5.74) is 2.20. The van der Waals surface area contributed by atoms with E-state index in [0.29, 0.717) is 18.6 Å². The summed E-state index contributed by atoms with van der Waals surface area (Å²) in [6.07, 6.45) is -5.90. The SMILES string of the molecule is CCOc1ccc(Cc2ccc(O)c([C@@H]3O[C@H](CO)[C@@H](O)[C@H](O)[C@H]3O)c2)cc1. The van der Waals surface area contributed by atoms with Crippen LogP contribution in [0.25, 0.3) is 0 Å². The molecule has 1 heterocycles. The molecule has 0 aliphatic carbocycles. The van der Waals surface area contributed by atoms with Crippen LogP contribution in [0.1, 0.15) is 29.7 Å². The number of hydrogen-bond acceptors (Lipinski definition) is 7. The lowest BCUT2D eigenvalue weighted by molar-refractivity contribution is -0.232. The molecule has 152 valence electrons. The summed E-state index contributed by atoms with van der Waals surface area (Å²) in [5, 5.41) is 49.9. The summed E-state index contributed by atoms with van der Waals surface area (Å²) >= 11 is 0. The van der Waals surface area contributed by atoms with Gasteiger partial charge in [0, 0.05) is 5.56 Å². The molecule has 0 bridgehead atoms. The molecule has 7 nitrogen and oxygen atoms in total. The molecule has 0 unspecified atom stereocenters. The van der Waals surface area contributed by atoms with Gasteiger partial charge in [0.1, 0.15) is 42.0 Å². The largest absolute Gasteiger partial charge is 0.508 e. The minimum Gasteiger partial charge on any atom is -0.508 e. The van der Waals surface area contributed by atoms with Crippen LogP contribution >= 0.6 is 0 Å².